The van der Waals surface area contributed by atoms with Gasteiger partial charge in [-0.3, -0.25) is 15.2 Å². The molecule has 0 bridgehead atoms. The lowest BCUT2D eigenvalue weighted by molar-refractivity contribution is -0.191. The van der Waals surface area contributed by atoms with Gasteiger partial charge in [0.25, 0.3) is 0 Å². The largest absolute Gasteiger partial charge is 0.397 e. The van der Waals surface area contributed by atoms with Crippen molar-refractivity contribution in [1.82, 2.24) is 10.4 Å². The van der Waals surface area contributed by atoms with Gasteiger partial charge in [-0.25, -0.2) is 5.84 Å². The van der Waals surface area contributed by atoms with E-state index in [-0.39, 0.29) is 19.5 Å². The summed E-state index contributed by atoms with van der Waals surface area (Å²) in [5, 5.41) is 9.79. The van der Waals surface area contributed by atoms with Gasteiger partial charge in [0.05, 0.1) is 16.5 Å². The first-order valence-electron chi connectivity index (χ1n) is 7.90. The summed E-state index contributed by atoms with van der Waals surface area (Å²) in [5.74, 6) is 4.35. The molecule has 9 heteroatoms. The Bertz CT molecular complexity index is 969. The summed E-state index contributed by atoms with van der Waals surface area (Å²) < 4.78 is 41.2. The molecule has 2 heterocycles. The van der Waals surface area contributed by atoms with Crippen LogP contribution in [0.5, 0.6) is 0 Å². The number of hydrogen-bond donors (Lipinski definition) is 2. The number of piperidine rings is 1. The predicted octanol–water partition coefficient (Wildman–Crippen LogP) is 1.86. The lowest BCUT2D eigenvalue weighted by Crippen LogP contribution is -2.43. The number of nitrogens with zero attached hydrogens (tertiary/aromatic N) is 3. The Morgan fingerprint density at radius 1 is 1.35 bits per heavy atom. The lowest BCUT2D eigenvalue weighted by atomic mass is 9.95. The van der Waals surface area contributed by atoms with Crippen molar-refractivity contribution in [3.63, 3.8) is 0 Å². The van der Waals surface area contributed by atoms with Crippen LogP contribution >= 0.6 is 0 Å². The van der Waals surface area contributed by atoms with E-state index in [1.807, 2.05) is 11.5 Å². The number of carbonyl (C=O) groups is 1. The van der Waals surface area contributed by atoms with Gasteiger partial charge in [0.1, 0.15) is 11.5 Å². The smallest absolute Gasteiger partial charge is 0.369 e. The van der Waals surface area contributed by atoms with Crippen LogP contribution < -0.4 is 16.2 Å². The monoisotopic (exact) mass is 361 g/mol. The molecule has 1 aromatic carbocycles. The van der Waals surface area contributed by atoms with E-state index < -0.39 is 22.9 Å². The van der Waals surface area contributed by atoms with E-state index in [2.05, 4.69) is 4.98 Å². The van der Waals surface area contributed by atoms with Crippen molar-refractivity contribution in [2.24, 2.45) is 16.7 Å². The zero-order chi connectivity index (χ0) is 18.7. The molecule has 1 saturated heterocycles. The van der Waals surface area contributed by atoms with E-state index in [0.717, 1.165) is 0 Å². The van der Waals surface area contributed by atoms with Crippen LogP contribution in [0.15, 0.2) is 30.5 Å². The summed E-state index contributed by atoms with van der Waals surface area (Å²) in [6.07, 6.45) is -3.26. The Hall–Kier alpha value is -2.86. The highest BCUT2D eigenvalue weighted by Gasteiger charge is 2.86. The molecule has 1 aliphatic heterocycles. The number of anilines is 1. The van der Waals surface area contributed by atoms with Crippen LogP contribution in [-0.2, 0) is 4.79 Å². The molecule has 26 heavy (non-hydrogen) atoms. The van der Waals surface area contributed by atoms with Crippen molar-refractivity contribution in [1.29, 1.82) is 5.26 Å². The molecule has 2 aromatic rings. The molecule has 1 amide bonds. The van der Waals surface area contributed by atoms with Crippen LogP contribution in [0.4, 0.5) is 18.9 Å². The Kier molecular flexibility index (Phi) is 3.24. The van der Waals surface area contributed by atoms with Crippen LogP contribution in [0.25, 0.3) is 10.9 Å². The molecule has 2 fully saturated rings. The molecule has 1 aromatic heterocycles. The summed E-state index contributed by atoms with van der Waals surface area (Å²) in [7, 11) is 0. The molecule has 6 nitrogen and oxygen atoms in total. The van der Waals surface area contributed by atoms with Gasteiger partial charge < -0.3 is 4.90 Å². The molecular formula is C17H14F3N5O. The Labute approximate surface area is 146 Å². The number of aromatic nitrogens is 1. The fourth-order valence-corrected chi connectivity index (χ4v) is 4.26. The fourth-order valence-electron chi connectivity index (χ4n) is 4.26. The highest BCUT2D eigenvalue weighted by molar-refractivity contribution is 5.97. The lowest BCUT2D eigenvalue weighted by Gasteiger charge is -2.25. The van der Waals surface area contributed by atoms with Gasteiger partial charge in [-0.05, 0) is 30.7 Å². The molecule has 134 valence electrons. The second-order valence-electron chi connectivity index (χ2n) is 6.81. The Morgan fingerprint density at radius 2 is 2.12 bits per heavy atom. The first kappa shape index (κ1) is 16.6. The summed E-state index contributed by atoms with van der Waals surface area (Å²) in [6, 6.07) is 8.53. The van der Waals surface area contributed by atoms with E-state index in [4.69, 9.17) is 5.84 Å². The van der Waals surface area contributed by atoms with E-state index in [1.54, 1.807) is 18.2 Å². The maximum Gasteiger partial charge on any atom is 0.397 e. The average molecular weight is 361 g/mol. The minimum absolute atomic E-state index is 0.0918. The first-order chi connectivity index (χ1) is 12.3. The average Bonchev–Trinajstić information content (AvgIpc) is 3.18. The fraction of sp³-hybridized carbons (Fsp3) is 0.353. The maximum atomic E-state index is 13.7. The van der Waals surface area contributed by atoms with Crippen molar-refractivity contribution < 1.29 is 18.0 Å². The van der Waals surface area contributed by atoms with Crippen LogP contribution in [0.3, 0.4) is 0 Å². The summed E-state index contributed by atoms with van der Waals surface area (Å²) in [5.41, 5.74) is -0.509. The standard InChI is InChI=1S/C17H14F3N5O/c18-17(19,20)16-7-15(16,14(26)24-22)8-25(9-16)12-4-3-10(6-21)13-11(12)2-1-5-23-13/h1-5H,7-9,22H2,(H,24,26)/t15-,16-/m0/s1. The number of pyridine rings is 1. The summed E-state index contributed by atoms with van der Waals surface area (Å²) in [4.78, 5) is 17.9. The maximum absolute atomic E-state index is 13.7. The number of alkyl halides is 3. The van der Waals surface area contributed by atoms with Crippen LogP contribution in [0.1, 0.15) is 12.0 Å². The highest BCUT2D eigenvalue weighted by Crippen LogP contribution is 2.75. The number of fused-ring (bicyclic) bond motifs is 2. The van der Waals surface area contributed by atoms with Crippen molar-refractivity contribution in [2.75, 3.05) is 18.0 Å². The summed E-state index contributed by atoms with van der Waals surface area (Å²) in [6.45, 7) is -0.425. The van der Waals surface area contributed by atoms with Crippen molar-refractivity contribution >= 4 is 22.5 Å². The molecule has 0 spiro atoms. The van der Waals surface area contributed by atoms with Crippen molar-refractivity contribution in [2.45, 2.75) is 12.6 Å². The molecule has 0 unspecified atom stereocenters. The van der Waals surface area contributed by atoms with Crippen LogP contribution in [-0.4, -0.2) is 30.2 Å². The number of rotatable bonds is 2. The quantitative estimate of drug-likeness (QED) is 0.484. The van der Waals surface area contributed by atoms with Gasteiger partial charge in [-0.15, -0.1) is 0 Å². The second-order valence-corrected chi connectivity index (χ2v) is 6.81. The number of benzene rings is 1. The van der Waals surface area contributed by atoms with E-state index >= 15 is 0 Å². The van der Waals surface area contributed by atoms with Gasteiger partial charge in [0, 0.05) is 30.4 Å². The topological polar surface area (TPSA) is 95.0 Å². The molecule has 1 saturated carbocycles. The number of nitriles is 1. The zero-order valence-corrected chi connectivity index (χ0v) is 13.5. The number of nitrogens with two attached hydrogens (primary N) is 1. The number of amides is 1. The predicted molar refractivity (Wildman–Crippen MR) is 86.5 cm³/mol. The molecule has 2 aliphatic rings. The molecular weight excluding hydrogens is 347 g/mol. The molecule has 0 radical (unpaired) electrons. The molecule has 3 N–H and O–H groups in total. The number of nitrogens with one attached hydrogen (secondary N) is 1. The van der Waals surface area contributed by atoms with Gasteiger partial charge in [-0.1, -0.05) is 0 Å². The van der Waals surface area contributed by atoms with E-state index in [1.165, 1.54) is 17.2 Å². The second kappa shape index (κ2) is 5.08. The third kappa shape index (κ3) is 1.90. The van der Waals surface area contributed by atoms with Crippen LogP contribution in [0.2, 0.25) is 0 Å². The van der Waals surface area contributed by atoms with E-state index in [9.17, 15) is 23.2 Å². The van der Waals surface area contributed by atoms with Crippen molar-refractivity contribution in [3.05, 3.63) is 36.0 Å². The number of carbonyl (C=O) groups excluding carboxylic acids is 1. The first-order valence-corrected chi connectivity index (χ1v) is 7.90. The minimum atomic E-state index is -4.52. The normalized spacial score (nSPS) is 27.1. The van der Waals surface area contributed by atoms with Gasteiger partial charge >= 0.3 is 6.18 Å². The SMILES string of the molecule is N#Cc1ccc(N2C[C@]3(C(=O)NN)C[C@]3(C(F)(F)F)C2)c2cccnc12. The zero-order valence-electron chi connectivity index (χ0n) is 13.5. The van der Waals surface area contributed by atoms with E-state index in [0.29, 0.717) is 22.2 Å². The molecule has 1 aliphatic carbocycles. The minimum Gasteiger partial charge on any atom is -0.369 e. The molecule has 2 atom stereocenters. The third-order valence-electron chi connectivity index (χ3n) is 5.63. The molecule has 4 rings (SSSR count). The highest BCUT2D eigenvalue weighted by atomic mass is 19.4. The number of hydrazine groups is 1. The number of hydrogen-bond acceptors (Lipinski definition) is 5. The Balaban J connectivity index is 1.82. The number of halogens is 3. The third-order valence-corrected chi connectivity index (χ3v) is 5.63. The Morgan fingerprint density at radius 3 is 2.77 bits per heavy atom. The van der Waals surface area contributed by atoms with Crippen molar-refractivity contribution in [3.8, 4) is 6.07 Å². The summed E-state index contributed by atoms with van der Waals surface area (Å²) >= 11 is 0. The van der Waals surface area contributed by atoms with Crippen LogP contribution in [0, 0.1) is 22.2 Å². The van der Waals surface area contributed by atoms with Gasteiger partial charge in [0.15, 0.2) is 0 Å². The van der Waals surface area contributed by atoms with Gasteiger partial charge in [0.2, 0.25) is 5.91 Å². The van der Waals surface area contributed by atoms with Gasteiger partial charge in [-0.2, -0.15) is 18.4 Å².